The van der Waals surface area contributed by atoms with Crippen molar-refractivity contribution in [1.82, 2.24) is 10.6 Å². The summed E-state index contributed by atoms with van der Waals surface area (Å²) in [6, 6.07) is 0.399. The molecule has 1 atom stereocenters. The van der Waals surface area contributed by atoms with Gasteiger partial charge in [-0.1, -0.05) is 19.1 Å². The molecular formula is C11H20N2O. The van der Waals surface area contributed by atoms with Gasteiger partial charge in [0.2, 0.25) is 5.91 Å². The Labute approximate surface area is 86.0 Å². The van der Waals surface area contributed by atoms with Crippen LogP contribution in [0, 0.1) is 0 Å². The molecule has 0 fully saturated rings. The summed E-state index contributed by atoms with van der Waals surface area (Å²) < 4.78 is 0. The molecule has 0 aromatic rings. The van der Waals surface area contributed by atoms with Gasteiger partial charge in [0.05, 0.1) is 6.54 Å². The molecule has 3 heteroatoms. The van der Waals surface area contributed by atoms with Crippen LogP contribution in [0.4, 0.5) is 0 Å². The van der Waals surface area contributed by atoms with E-state index in [9.17, 15) is 4.79 Å². The molecule has 0 heterocycles. The Kier molecular flexibility index (Phi) is 5.30. The summed E-state index contributed by atoms with van der Waals surface area (Å²) >= 11 is 0. The molecule has 1 unspecified atom stereocenters. The Morgan fingerprint density at radius 1 is 1.57 bits per heavy atom. The van der Waals surface area contributed by atoms with Crippen molar-refractivity contribution in [3.05, 3.63) is 12.2 Å². The van der Waals surface area contributed by atoms with Gasteiger partial charge in [-0.15, -0.1) is 0 Å². The van der Waals surface area contributed by atoms with Gasteiger partial charge >= 0.3 is 0 Å². The Morgan fingerprint density at radius 2 is 2.43 bits per heavy atom. The monoisotopic (exact) mass is 196 g/mol. The zero-order valence-corrected chi connectivity index (χ0v) is 8.88. The first kappa shape index (κ1) is 11.2. The minimum Gasteiger partial charge on any atom is -0.355 e. The van der Waals surface area contributed by atoms with Crippen LogP contribution >= 0.6 is 0 Å². The highest BCUT2D eigenvalue weighted by Gasteiger charge is 2.08. The molecule has 1 rings (SSSR count). The number of allylic oxidation sites excluding steroid dienone is 1. The molecule has 1 aliphatic rings. The van der Waals surface area contributed by atoms with Crippen molar-refractivity contribution >= 4 is 5.91 Å². The number of rotatable bonds is 5. The van der Waals surface area contributed by atoms with E-state index in [1.807, 2.05) is 0 Å². The smallest absolute Gasteiger partial charge is 0.233 e. The van der Waals surface area contributed by atoms with Gasteiger partial charge in [0.25, 0.3) is 0 Å². The fourth-order valence-electron chi connectivity index (χ4n) is 1.53. The van der Waals surface area contributed by atoms with Crippen molar-refractivity contribution in [2.24, 2.45) is 0 Å². The highest BCUT2D eigenvalue weighted by molar-refractivity contribution is 5.77. The van der Waals surface area contributed by atoms with E-state index in [0.29, 0.717) is 12.6 Å². The number of nitrogens with one attached hydrogen (secondary N) is 2. The SMILES string of the molecule is CCCNC(=O)CNC1C=CCCC1. The average Bonchev–Trinajstić information content (AvgIpc) is 2.25. The fourth-order valence-corrected chi connectivity index (χ4v) is 1.53. The van der Waals surface area contributed by atoms with Crippen LogP contribution in [-0.4, -0.2) is 25.0 Å². The Morgan fingerprint density at radius 3 is 3.07 bits per heavy atom. The summed E-state index contributed by atoms with van der Waals surface area (Å²) in [5.74, 6) is 0.103. The summed E-state index contributed by atoms with van der Waals surface area (Å²) in [5.41, 5.74) is 0. The number of amides is 1. The van der Waals surface area contributed by atoms with Gasteiger partial charge in [0, 0.05) is 12.6 Å². The van der Waals surface area contributed by atoms with Crippen LogP contribution in [0.2, 0.25) is 0 Å². The molecule has 0 bridgehead atoms. The Hall–Kier alpha value is -0.830. The quantitative estimate of drug-likeness (QED) is 0.649. The van der Waals surface area contributed by atoms with Crippen LogP contribution in [0.25, 0.3) is 0 Å². The molecule has 1 amide bonds. The highest BCUT2D eigenvalue weighted by atomic mass is 16.1. The van der Waals surface area contributed by atoms with Crippen molar-refractivity contribution in [2.75, 3.05) is 13.1 Å². The predicted molar refractivity (Wildman–Crippen MR) is 58.1 cm³/mol. The number of hydrogen-bond donors (Lipinski definition) is 2. The first-order chi connectivity index (χ1) is 6.83. The first-order valence-corrected chi connectivity index (χ1v) is 5.49. The van der Waals surface area contributed by atoms with Crippen molar-refractivity contribution in [3.8, 4) is 0 Å². The molecule has 0 spiro atoms. The molecule has 80 valence electrons. The maximum absolute atomic E-state index is 11.2. The van der Waals surface area contributed by atoms with Gasteiger partial charge in [0.15, 0.2) is 0 Å². The summed E-state index contributed by atoms with van der Waals surface area (Å²) in [6.45, 7) is 3.27. The molecule has 0 saturated carbocycles. The fraction of sp³-hybridized carbons (Fsp3) is 0.727. The van der Waals surface area contributed by atoms with E-state index in [1.54, 1.807) is 0 Å². The Bertz CT molecular complexity index is 201. The molecule has 0 aromatic carbocycles. The third-order valence-electron chi connectivity index (χ3n) is 2.35. The second kappa shape index (κ2) is 6.60. The molecular weight excluding hydrogens is 176 g/mol. The summed E-state index contributed by atoms with van der Waals surface area (Å²) in [4.78, 5) is 11.2. The van der Waals surface area contributed by atoms with Gasteiger partial charge in [-0.05, 0) is 25.7 Å². The number of carbonyl (C=O) groups is 1. The minimum atomic E-state index is 0.103. The van der Waals surface area contributed by atoms with E-state index in [1.165, 1.54) is 12.8 Å². The Balaban J connectivity index is 2.09. The normalized spacial score (nSPS) is 20.8. The maximum atomic E-state index is 11.2. The van der Waals surface area contributed by atoms with Crippen LogP contribution in [0.1, 0.15) is 32.6 Å². The largest absolute Gasteiger partial charge is 0.355 e. The zero-order valence-electron chi connectivity index (χ0n) is 8.88. The lowest BCUT2D eigenvalue weighted by Crippen LogP contribution is -2.39. The third kappa shape index (κ3) is 4.42. The highest BCUT2D eigenvalue weighted by Crippen LogP contribution is 2.09. The molecule has 0 aromatic heterocycles. The van der Waals surface area contributed by atoms with E-state index in [-0.39, 0.29) is 5.91 Å². The van der Waals surface area contributed by atoms with E-state index in [0.717, 1.165) is 19.4 Å². The van der Waals surface area contributed by atoms with E-state index in [2.05, 4.69) is 29.7 Å². The molecule has 0 aliphatic heterocycles. The third-order valence-corrected chi connectivity index (χ3v) is 2.35. The molecule has 0 saturated heterocycles. The second-order valence-electron chi connectivity index (χ2n) is 3.70. The minimum absolute atomic E-state index is 0.103. The van der Waals surface area contributed by atoms with Gasteiger partial charge < -0.3 is 10.6 Å². The van der Waals surface area contributed by atoms with E-state index in [4.69, 9.17) is 0 Å². The van der Waals surface area contributed by atoms with Crippen molar-refractivity contribution in [3.63, 3.8) is 0 Å². The van der Waals surface area contributed by atoms with Crippen molar-refractivity contribution < 1.29 is 4.79 Å². The summed E-state index contributed by atoms with van der Waals surface area (Å²) in [7, 11) is 0. The molecule has 1 aliphatic carbocycles. The summed E-state index contributed by atoms with van der Waals surface area (Å²) in [5, 5.41) is 6.08. The zero-order chi connectivity index (χ0) is 10.2. The van der Waals surface area contributed by atoms with Crippen LogP contribution in [-0.2, 0) is 4.79 Å². The predicted octanol–water partition coefficient (Wildman–Crippen LogP) is 1.21. The van der Waals surface area contributed by atoms with Crippen LogP contribution in [0.5, 0.6) is 0 Å². The standard InChI is InChI=1S/C11H20N2O/c1-2-8-12-11(14)9-13-10-6-4-3-5-7-10/h4,6,10,13H,2-3,5,7-9H2,1H3,(H,12,14). The van der Waals surface area contributed by atoms with Gasteiger partial charge in [-0.2, -0.15) is 0 Å². The number of carbonyl (C=O) groups excluding carboxylic acids is 1. The van der Waals surface area contributed by atoms with Gasteiger partial charge in [-0.3, -0.25) is 4.79 Å². The summed E-state index contributed by atoms with van der Waals surface area (Å²) in [6.07, 6.45) is 8.90. The molecule has 3 nitrogen and oxygen atoms in total. The maximum Gasteiger partial charge on any atom is 0.233 e. The molecule has 2 N–H and O–H groups in total. The topological polar surface area (TPSA) is 41.1 Å². The van der Waals surface area contributed by atoms with E-state index < -0.39 is 0 Å². The average molecular weight is 196 g/mol. The second-order valence-corrected chi connectivity index (χ2v) is 3.70. The van der Waals surface area contributed by atoms with Crippen LogP contribution in [0.3, 0.4) is 0 Å². The first-order valence-electron chi connectivity index (χ1n) is 5.49. The molecule has 14 heavy (non-hydrogen) atoms. The lowest BCUT2D eigenvalue weighted by atomic mass is 10.0. The molecule has 0 radical (unpaired) electrons. The van der Waals surface area contributed by atoms with E-state index >= 15 is 0 Å². The lowest BCUT2D eigenvalue weighted by molar-refractivity contribution is -0.120. The van der Waals surface area contributed by atoms with Crippen molar-refractivity contribution in [2.45, 2.75) is 38.6 Å². The van der Waals surface area contributed by atoms with Crippen LogP contribution < -0.4 is 10.6 Å². The van der Waals surface area contributed by atoms with Crippen LogP contribution in [0.15, 0.2) is 12.2 Å². The number of hydrogen-bond acceptors (Lipinski definition) is 2. The van der Waals surface area contributed by atoms with Gasteiger partial charge in [-0.25, -0.2) is 0 Å². The van der Waals surface area contributed by atoms with Gasteiger partial charge in [0.1, 0.15) is 0 Å². The van der Waals surface area contributed by atoms with Crippen molar-refractivity contribution in [1.29, 1.82) is 0 Å². The lowest BCUT2D eigenvalue weighted by Gasteiger charge is -2.17.